The molecular weight excluding hydrogens is 172 g/mol. The highest BCUT2D eigenvalue weighted by Gasteiger charge is 2.24. The Bertz CT molecular complexity index is 304. The largest absolute Gasteiger partial charge is 0.497 e. The molecule has 1 aromatic carbocycles. The maximum Gasteiger partial charge on any atom is 0.119 e. The van der Waals surface area contributed by atoms with Gasteiger partial charge in [0.05, 0.1) is 7.11 Å². The highest BCUT2D eigenvalue weighted by Crippen LogP contribution is 2.42. The van der Waals surface area contributed by atoms with Gasteiger partial charge in [-0.1, -0.05) is 19.9 Å². The topological polar surface area (TPSA) is 9.23 Å². The molecule has 0 heterocycles. The number of methoxy groups -OCH3 is 1. The minimum Gasteiger partial charge on any atom is -0.497 e. The van der Waals surface area contributed by atoms with Gasteiger partial charge in [-0.25, -0.2) is 0 Å². The van der Waals surface area contributed by atoms with E-state index in [0.29, 0.717) is 0 Å². The van der Waals surface area contributed by atoms with Gasteiger partial charge in [0.25, 0.3) is 0 Å². The molecule has 0 bridgehead atoms. The van der Waals surface area contributed by atoms with Crippen molar-refractivity contribution in [3.63, 3.8) is 0 Å². The normalized spacial score (nSPS) is 16.0. The monoisotopic (exact) mass is 189 g/mol. The van der Waals surface area contributed by atoms with Crippen LogP contribution in [-0.2, 0) is 0 Å². The molecule has 0 atom stereocenters. The van der Waals surface area contributed by atoms with E-state index in [-0.39, 0.29) is 0 Å². The third-order valence-electron chi connectivity index (χ3n) is 2.79. The van der Waals surface area contributed by atoms with Crippen LogP contribution in [0.2, 0.25) is 0 Å². The lowest BCUT2D eigenvalue weighted by Crippen LogP contribution is -1.93. The number of hydrogen-bond donors (Lipinski definition) is 0. The van der Waals surface area contributed by atoms with Gasteiger partial charge in [0, 0.05) is 0 Å². The lowest BCUT2D eigenvalue weighted by Gasteiger charge is -2.10. The van der Waals surface area contributed by atoms with Crippen molar-refractivity contribution in [2.45, 2.75) is 32.6 Å². The van der Waals surface area contributed by atoms with Crippen molar-refractivity contribution < 1.29 is 4.74 Å². The van der Waals surface area contributed by atoms with E-state index in [4.69, 9.17) is 4.74 Å². The van der Waals surface area contributed by atoms with Crippen molar-refractivity contribution in [2.75, 3.05) is 7.11 Å². The Morgan fingerprint density at radius 3 is 2.43 bits per heavy atom. The van der Waals surface area contributed by atoms with Crippen LogP contribution in [0.5, 0.6) is 5.75 Å². The van der Waals surface area contributed by atoms with Gasteiger partial charge in [-0.05, 0) is 47.9 Å². The zero-order valence-corrected chi connectivity index (χ0v) is 9.13. The standard InChI is InChI=1S/C13H17O/c1-9(2)11-6-12(10-4-5-10)8-13(7-11)14-3/h6-8,10H,4-5H2,1-3H3. The molecule has 1 aromatic rings. The molecular formula is C13H17O. The molecule has 0 saturated heterocycles. The van der Waals surface area contributed by atoms with Crippen LogP contribution in [0.4, 0.5) is 0 Å². The summed E-state index contributed by atoms with van der Waals surface area (Å²) in [4.78, 5) is 0. The van der Waals surface area contributed by atoms with Crippen molar-refractivity contribution in [1.29, 1.82) is 0 Å². The summed E-state index contributed by atoms with van der Waals surface area (Å²) in [6.07, 6.45) is 2.69. The van der Waals surface area contributed by atoms with Crippen molar-refractivity contribution >= 4 is 0 Å². The van der Waals surface area contributed by atoms with E-state index < -0.39 is 0 Å². The maximum atomic E-state index is 5.31. The van der Waals surface area contributed by atoms with Gasteiger partial charge in [-0.3, -0.25) is 0 Å². The predicted molar refractivity (Wildman–Crippen MR) is 58.7 cm³/mol. The molecule has 0 aliphatic heterocycles. The van der Waals surface area contributed by atoms with Crippen molar-refractivity contribution in [3.05, 3.63) is 35.2 Å². The van der Waals surface area contributed by atoms with Gasteiger partial charge >= 0.3 is 0 Å². The van der Waals surface area contributed by atoms with E-state index in [2.05, 4.69) is 32.0 Å². The second-order valence-electron chi connectivity index (χ2n) is 4.27. The first-order chi connectivity index (χ1) is 6.70. The van der Waals surface area contributed by atoms with Gasteiger partial charge in [0.2, 0.25) is 0 Å². The maximum absolute atomic E-state index is 5.31. The van der Waals surface area contributed by atoms with E-state index >= 15 is 0 Å². The Hall–Kier alpha value is -0.980. The fourth-order valence-electron chi connectivity index (χ4n) is 1.68. The van der Waals surface area contributed by atoms with Crippen molar-refractivity contribution in [1.82, 2.24) is 0 Å². The van der Waals surface area contributed by atoms with Gasteiger partial charge in [-0.15, -0.1) is 0 Å². The summed E-state index contributed by atoms with van der Waals surface area (Å²) in [6, 6.07) is 6.58. The van der Waals surface area contributed by atoms with Crippen LogP contribution >= 0.6 is 0 Å². The van der Waals surface area contributed by atoms with Gasteiger partial charge < -0.3 is 4.74 Å². The number of benzene rings is 1. The molecule has 1 aliphatic carbocycles. The first-order valence-electron chi connectivity index (χ1n) is 5.20. The van der Waals surface area contributed by atoms with E-state index in [1.54, 1.807) is 7.11 Å². The van der Waals surface area contributed by atoms with Crippen LogP contribution in [0.25, 0.3) is 0 Å². The Kier molecular flexibility index (Phi) is 2.49. The fourth-order valence-corrected chi connectivity index (χ4v) is 1.68. The zero-order valence-electron chi connectivity index (χ0n) is 9.13. The summed E-state index contributed by atoms with van der Waals surface area (Å²) >= 11 is 0. The molecule has 1 aliphatic rings. The third-order valence-corrected chi connectivity index (χ3v) is 2.79. The van der Waals surface area contributed by atoms with Crippen molar-refractivity contribution in [3.8, 4) is 5.75 Å². The number of hydrogen-bond acceptors (Lipinski definition) is 1. The molecule has 0 N–H and O–H groups in total. The lowest BCUT2D eigenvalue weighted by atomic mass is 9.98. The Balaban J connectivity index is 2.35. The predicted octanol–water partition coefficient (Wildman–Crippen LogP) is 3.53. The highest BCUT2D eigenvalue weighted by molar-refractivity contribution is 5.42. The van der Waals surface area contributed by atoms with Crippen LogP contribution in [0, 0.1) is 5.92 Å². The lowest BCUT2D eigenvalue weighted by molar-refractivity contribution is 0.414. The summed E-state index contributed by atoms with van der Waals surface area (Å²) in [5.74, 6) is 3.14. The van der Waals surface area contributed by atoms with Crippen LogP contribution in [-0.4, -0.2) is 7.11 Å². The van der Waals surface area contributed by atoms with Crippen LogP contribution in [0.3, 0.4) is 0 Å². The summed E-state index contributed by atoms with van der Waals surface area (Å²) in [7, 11) is 1.74. The average Bonchev–Trinajstić information content (AvgIpc) is 3.00. The van der Waals surface area contributed by atoms with Crippen molar-refractivity contribution in [2.24, 2.45) is 0 Å². The molecule has 0 aromatic heterocycles. The summed E-state index contributed by atoms with van der Waals surface area (Å²) in [5, 5.41) is 0. The summed E-state index contributed by atoms with van der Waals surface area (Å²) in [6.45, 7) is 4.29. The van der Waals surface area contributed by atoms with Gasteiger partial charge in [0.15, 0.2) is 0 Å². The van der Waals surface area contributed by atoms with E-state index in [1.165, 1.54) is 29.9 Å². The molecule has 1 heteroatoms. The smallest absolute Gasteiger partial charge is 0.119 e. The van der Waals surface area contributed by atoms with Gasteiger partial charge in [0.1, 0.15) is 5.75 Å². The molecule has 1 radical (unpaired) electrons. The first-order valence-corrected chi connectivity index (χ1v) is 5.20. The Morgan fingerprint density at radius 1 is 1.21 bits per heavy atom. The Morgan fingerprint density at radius 2 is 1.93 bits per heavy atom. The van der Waals surface area contributed by atoms with Crippen LogP contribution in [0.1, 0.15) is 43.7 Å². The first kappa shape index (κ1) is 9.57. The van der Waals surface area contributed by atoms with Crippen LogP contribution in [0.15, 0.2) is 18.2 Å². The summed E-state index contributed by atoms with van der Waals surface area (Å²) in [5.41, 5.74) is 2.76. The minimum absolute atomic E-state index is 0.795. The quantitative estimate of drug-likeness (QED) is 0.706. The minimum atomic E-state index is 0.795. The summed E-state index contributed by atoms with van der Waals surface area (Å²) < 4.78 is 5.31. The van der Waals surface area contributed by atoms with E-state index in [0.717, 1.165) is 11.7 Å². The molecule has 2 rings (SSSR count). The van der Waals surface area contributed by atoms with Gasteiger partial charge in [-0.2, -0.15) is 0 Å². The van der Waals surface area contributed by atoms with E-state index in [1.807, 2.05) is 0 Å². The molecule has 1 fully saturated rings. The average molecular weight is 189 g/mol. The SMILES string of the molecule is COc1cc([C](C)C)cc(C2CC2)c1. The highest BCUT2D eigenvalue weighted by atomic mass is 16.5. The molecule has 0 spiro atoms. The molecule has 0 unspecified atom stereocenters. The third kappa shape index (κ3) is 1.92. The fraction of sp³-hybridized carbons (Fsp3) is 0.462. The molecule has 0 amide bonds. The molecule has 1 saturated carbocycles. The van der Waals surface area contributed by atoms with Crippen LogP contribution < -0.4 is 4.74 Å². The number of ether oxygens (including phenoxy) is 1. The molecule has 1 nitrogen and oxygen atoms in total. The van der Waals surface area contributed by atoms with E-state index in [9.17, 15) is 0 Å². The molecule has 14 heavy (non-hydrogen) atoms. The Labute approximate surface area is 86.1 Å². The number of rotatable bonds is 3. The second kappa shape index (κ2) is 3.64. The second-order valence-corrected chi connectivity index (χ2v) is 4.27. The molecule has 75 valence electrons. The zero-order chi connectivity index (χ0) is 10.1.